The molecular weight excluding hydrogens is 385 g/mol. The van der Waals surface area contributed by atoms with Crippen LogP contribution in [-0.4, -0.2) is 23.0 Å². The quantitative estimate of drug-likeness (QED) is 0.449. The van der Waals surface area contributed by atoms with Crippen molar-refractivity contribution in [1.82, 2.24) is 9.78 Å². The summed E-state index contributed by atoms with van der Waals surface area (Å²) < 4.78 is 51.2. The molecule has 0 spiro atoms. The molecule has 2 aromatic rings. The first-order valence-electron chi connectivity index (χ1n) is 9.08. The van der Waals surface area contributed by atoms with Crippen molar-refractivity contribution >= 4 is 11.0 Å². The third kappa shape index (κ3) is 3.51. The van der Waals surface area contributed by atoms with Crippen LogP contribution < -0.4 is 5.56 Å². The van der Waals surface area contributed by atoms with Crippen LogP contribution in [0.3, 0.4) is 0 Å². The predicted molar refractivity (Wildman–Crippen MR) is 102 cm³/mol. The Balaban J connectivity index is 1.91. The van der Waals surface area contributed by atoms with Gasteiger partial charge >= 0.3 is 6.18 Å². The Morgan fingerprint density at radius 1 is 1.10 bits per heavy atom. The van der Waals surface area contributed by atoms with Crippen molar-refractivity contribution in [1.29, 1.82) is 0 Å². The molecule has 0 aromatic heterocycles. The fraction of sp³-hybridized carbons (Fsp3) is 0.238. The van der Waals surface area contributed by atoms with Gasteiger partial charge < -0.3 is 9.15 Å². The van der Waals surface area contributed by atoms with Gasteiger partial charge in [-0.3, -0.25) is 4.79 Å². The average molecular weight is 402 g/mol. The number of fused-ring (bicyclic) bond motifs is 3. The Morgan fingerprint density at radius 3 is 2.52 bits per heavy atom. The van der Waals surface area contributed by atoms with Crippen LogP contribution in [0.2, 0.25) is 0 Å². The molecule has 2 aliphatic heterocycles. The van der Waals surface area contributed by atoms with Crippen molar-refractivity contribution < 1.29 is 22.3 Å². The van der Waals surface area contributed by atoms with Gasteiger partial charge in [-0.1, -0.05) is 24.3 Å². The summed E-state index contributed by atoms with van der Waals surface area (Å²) in [6, 6.07) is 11.6. The van der Waals surface area contributed by atoms with Crippen LogP contribution in [-0.2, 0) is 17.5 Å². The summed E-state index contributed by atoms with van der Waals surface area (Å²) in [6.07, 6.45) is -4.44. The van der Waals surface area contributed by atoms with E-state index in [9.17, 15) is 18.0 Å². The second kappa shape index (κ2) is 7.36. The highest BCUT2D eigenvalue weighted by Gasteiger charge is 2.31. The molecule has 0 saturated heterocycles. The molecular formula is C21H17F3N2O3. The lowest BCUT2D eigenvalue weighted by Gasteiger charge is -2.10. The minimum Gasteiger partial charge on any atom is -0.455 e. The van der Waals surface area contributed by atoms with Gasteiger partial charge in [-0.05, 0) is 31.2 Å². The molecule has 4 rings (SSSR count). The number of nitrogens with zero attached hydrogens (tertiary/aromatic N) is 2. The van der Waals surface area contributed by atoms with Gasteiger partial charge in [-0.25, -0.2) is 4.68 Å². The molecule has 0 saturated carbocycles. The summed E-state index contributed by atoms with van der Waals surface area (Å²) in [4.78, 5) is 13.0. The van der Waals surface area contributed by atoms with E-state index in [4.69, 9.17) is 9.15 Å². The summed E-state index contributed by atoms with van der Waals surface area (Å²) >= 11 is 0. The zero-order valence-corrected chi connectivity index (χ0v) is 15.5. The fourth-order valence-electron chi connectivity index (χ4n) is 3.21. The van der Waals surface area contributed by atoms with Gasteiger partial charge in [0.2, 0.25) is 0 Å². The zero-order valence-electron chi connectivity index (χ0n) is 15.5. The van der Waals surface area contributed by atoms with Crippen LogP contribution in [0.15, 0.2) is 57.7 Å². The molecule has 8 heteroatoms. The van der Waals surface area contributed by atoms with Crippen LogP contribution >= 0.6 is 0 Å². The molecule has 0 radical (unpaired) electrons. The maximum absolute atomic E-state index is 13.0. The molecule has 2 aromatic carbocycles. The normalized spacial score (nSPS) is 12.1. The number of rotatable bonds is 5. The van der Waals surface area contributed by atoms with Crippen molar-refractivity contribution in [3.63, 3.8) is 0 Å². The van der Waals surface area contributed by atoms with Gasteiger partial charge in [-0.15, -0.1) is 0 Å². The number of benzene rings is 2. The van der Waals surface area contributed by atoms with Crippen molar-refractivity contribution in [2.75, 3.05) is 13.2 Å². The summed E-state index contributed by atoms with van der Waals surface area (Å²) in [6.45, 7) is 2.96. The molecule has 150 valence electrons. The minimum atomic E-state index is -4.44. The minimum absolute atomic E-state index is 0.195. The highest BCUT2D eigenvalue weighted by Crippen LogP contribution is 2.38. The predicted octanol–water partition coefficient (Wildman–Crippen LogP) is 4.82. The fourth-order valence-corrected chi connectivity index (χ4v) is 3.21. The smallest absolute Gasteiger partial charge is 0.416 e. The van der Waals surface area contributed by atoms with Crippen molar-refractivity contribution in [3.8, 4) is 22.6 Å². The Kier molecular flexibility index (Phi) is 4.87. The molecule has 5 nitrogen and oxygen atoms in total. The number of para-hydroxylation sites is 1. The van der Waals surface area contributed by atoms with Crippen molar-refractivity contribution in [2.24, 2.45) is 0 Å². The van der Waals surface area contributed by atoms with Gasteiger partial charge in [0, 0.05) is 17.6 Å². The van der Waals surface area contributed by atoms with Crippen molar-refractivity contribution in [3.05, 3.63) is 64.4 Å². The summed E-state index contributed by atoms with van der Waals surface area (Å²) in [7, 11) is 0. The van der Waals surface area contributed by atoms with Crippen LogP contribution in [0.5, 0.6) is 0 Å². The molecule has 0 bridgehead atoms. The molecule has 0 unspecified atom stereocenters. The zero-order chi connectivity index (χ0) is 20.6. The molecule has 29 heavy (non-hydrogen) atoms. The van der Waals surface area contributed by atoms with Gasteiger partial charge in [0.25, 0.3) is 5.56 Å². The van der Waals surface area contributed by atoms with E-state index in [1.165, 1.54) is 16.8 Å². The highest BCUT2D eigenvalue weighted by atomic mass is 19.4. The lowest BCUT2D eigenvalue weighted by Crippen LogP contribution is -2.20. The second-order valence-corrected chi connectivity index (χ2v) is 6.45. The Labute approximate surface area is 163 Å². The Bertz CT molecular complexity index is 1180. The molecule has 0 aliphatic carbocycles. The number of aromatic nitrogens is 2. The van der Waals surface area contributed by atoms with Gasteiger partial charge in [0.1, 0.15) is 22.6 Å². The van der Waals surface area contributed by atoms with Gasteiger partial charge in [0.15, 0.2) is 0 Å². The molecule has 0 N–H and O–H groups in total. The third-order valence-electron chi connectivity index (χ3n) is 4.61. The van der Waals surface area contributed by atoms with E-state index >= 15 is 0 Å². The van der Waals surface area contributed by atoms with Crippen LogP contribution in [0.25, 0.3) is 33.6 Å². The average Bonchev–Trinajstić information content (AvgIpc) is 3.04. The van der Waals surface area contributed by atoms with E-state index in [2.05, 4.69) is 5.10 Å². The largest absolute Gasteiger partial charge is 0.455 e. The highest BCUT2D eigenvalue weighted by molar-refractivity contribution is 5.96. The van der Waals surface area contributed by atoms with Gasteiger partial charge in [0.05, 0.1) is 18.7 Å². The monoisotopic (exact) mass is 402 g/mol. The maximum Gasteiger partial charge on any atom is 0.416 e. The van der Waals surface area contributed by atoms with Crippen LogP contribution in [0, 0.1) is 0 Å². The molecule has 0 fully saturated rings. The van der Waals surface area contributed by atoms with Crippen molar-refractivity contribution in [2.45, 2.75) is 19.6 Å². The van der Waals surface area contributed by atoms with Crippen LogP contribution in [0.1, 0.15) is 12.5 Å². The summed E-state index contributed by atoms with van der Waals surface area (Å²) in [5.74, 6) is 0.195. The summed E-state index contributed by atoms with van der Waals surface area (Å²) in [5.41, 5.74) is 0.403. The number of halogens is 3. The van der Waals surface area contributed by atoms with Crippen LogP contribution in [0.4, 0.5) is 13.2 Å². The third-order valence-corrected chi connectivity index (χ3v) is 4.61. The van der Waals surface area contributed by atoms with E-state index in [1.807, 2.05) is 6.92 Å². The number of alkyl halides is 3. The molecule has 0 atom stereocenters. The summed E-state index contributed by atoms with van der Waals surface area (Å²) in [5, 5.41) is 5.10. The van der Waals surface area contributed by atoms with E-state index in [-0.39, 0.29) is 23.4 Å². The number of hydrogen-bond acceptors (Lipinski definition) is 4. The number of hydrogen-bond donors (Lipinski definition) is 0. The number of ether oxygens (including phenoxy) is 1. The van der Waals surface area contributed by atoms with E-state index in [0.29, 0.717) is 35.4 Å². The van der Waals surface area contributed by atoms with Gasteiger partial charge in [-0.2, -0.15) is 18.3 Å². The first-order chi connectivity index (χ1) is 13.9. The first-order valence-corrected chi connectivity index (χ1v) is 9.08. The van der Waals surface area contributed by atoms with E-state index in [1.54, 1.807) is 24.3 Å². The Morgan fingerprint density at radius 2 is 1.83 bits per heavy atom. The van der Waals surface area contributed by atoms with E-state index < -0.39 is 11.7 Å². The SMILES string of the molecule is CCOCCn1nc2c3ccccc3oc(-c3ccc(C(F)(F)F)cc3)c-2c1=O. The Hall–Kier alpha value is -3.13. The first kappa shape index (κ1) is 19.2. The lowest BCUT2D eigenvalue weighted by molar-refractivity contribution is -0.137. The molecule has 2 heterocycles. The molecule has 2 aliphatic rings. The second-order valence-electron chi connectivity index (χ2n) is 6.45. The topological polar surface area (TPSA) is 57.3 Å². The lowest BCUT2D eigenvalue weighted by atomic mass is 10.0. The van der Waals surface area contributed by atoms with E-state index in [0.717, 1.165) is 12.1 Å². The standard InChI is InChI=1S/C21H17F3N2O3/c1-2-28-12-11-26-20(27)17-18(25-26)15-5-3-4-6-16(15)29-19(17)13-7-9-14(10-8-13)21(22,23)24/h3-10H,2,11-12H2,1H3. The maximum atomic E-state index is 13.0. The molecule has 0 amide bonds.